The molecule has 0 spiro atoms. The maximum atomic E-state index is 11.8. The van der Waals surface area contributed by atoms with Crippen molar-refractivity contribution in [2.45, 2.75) is 25.3 Å². The lowest BCUT2D eigenvalue weighted by molar-refractivity contribution is -0.136. The molecular weight excluding hydrogens is 288 g/mol. The zero-order valence-electron chi connectivity index (χ0n) is 11.6. The quantitative estimate of drug-likeness (QED) is 0.604. The molecule has 1 aliphatic rings. The summed E-state index contributed by atoms with van der Waals surface area (Å²) in [4.78, 5) is 34.3. The Morgan fingerprint density at radius 2 is 2.05 bits per heavy atom. The van der Waals surface area contributed by atoms with Gasteiger partial charge in [-0.3, -0.25) is 19.7 Å². The number of hydrogen-bond donors (Lipinski definition) is 2. The van der Waals surface area contributed by atoms with Crippen molar-refractivity contribution in [2.24, 2.45) is 0 Å². The molecule has 0 aliphatic carbocycles. The molecule has 1 atom stereocenters. The number of carbonyl (C=O) groups excluding carboxylic acids is 3. The summed E-state index contributed by atoms with van der Waals surface area (Å²) in [5, 5.41) is 4.89. The molecule has 1 heterocycles. The molecule has 0 bridgehead atoms. The fourth-order valence-corrected chi connectivity index (χ4v) is 2.86. The SMILES string of the molecule is O=C1CCC(NC(=O)CSCCc2ccccc2)C(=O)N1. The highest BCUT2D eigenvalue weighted by Gasteiger charge is 2.27. The van der Waals surface area contributed by atoms with Crippen LogP contribution in [0.15, 0.2) is 30.3 Å². The summed E-state index contributed by atoms with van der Waals surface area (Å²) in [5.41, 5.74) is 1.25. The monoisotopic (exact) mass is 306 g/mol. The van der Waals surface area contributed by atoms with Gasteiger partial charge in [0.15, 0.2) is 0 Å². The van der Waals surface area contributed by atoms with Crippen LogP contribution < -0.4 is 10.6 Å². The van der Waals surface area contributed by atoms with Crippen LogP contribution in [0, 0.1) is 0 Å². The Morgan fingerprint density at radius 3 is 2.76 bits per heavy atom. The molecule has 1 unspecified atom stereocenters. The lowest BCUT2D eigenvalue weighted by atomic mass is 10.1. The highest BCUT2D eigenvalue weighted by molar-refractivity contribution is 7.99. The number of piperidine rings is 1. The van der Waals surface area contributed by atoms with Crippen molar-refractivity contribution < 1.29 is 14.4 Å². The molecule has 1 aromatic rings. The van der Waals surface area contributed by atoms with Crippen molar-refractivity contribution in [3.8, 4) is 0 Å². The van der Waals surface area contributed by atoms with Gasteiger partial charge in [-0.1, -0.05) is 30.3 Å². The lowest BCUT2D eigenvalue weighted by Gasteiger charge is -2.21. The molecule has 1 saturated heterocycles. The molecule has 5 nitrogen and oxygen atoms in total. The van der Waals surface area contributed by atoms with Gasteiger partial charge in [-0.15, -0.1) is 0 Å². The number of aryl methyl sites for hydroxylation is 1. The van der Waals surface area contributed by atoms with Gasteiger partial charge in [0.25, 0.3) is 0 Å². The standard InChI is InChI=1S/C15H18N2O3S/c18-13-7-6-12(15(20)17-13)16-14(19)10-21-9-8-11-4-2-1-3-5-11/h1-5,12H,6-10H2,(H,16,19)(H,17,18,20). The number of thioether (sulfide) groups is 1. The lowest BCUT2D eigenvalue weighted by Crippen LogP contribution is -2.52. The van der Waals surface area contributed by atoms with Crippen molar-refractivity contribution in [2.75, 3.05) is 11.5 Å². The van der Waals surface area contributed by atoms with E-state index in [1.165, 1.54) is 17.3 Å². The summed E-state index contributed by atoms with van der Waals surface area (Å²) in [6.45, 7) is 0. The Morgan fingerprint density at radius 1 is 1.29 bits per heavy atom. The van der Waals surface area contributed by atoms with Crippen LogP contribution in [0.25, 0.3) is 0 Å². The molecule has 6 heteroatoms. The zero-order chi connectivity index (χ0) is 15.1. The van der Waals surface area contributed by atoms with Crippen molar-refractivity contribution in [1.82, 2.24) is 10.6 Å². The predicted molar refractivity (Wildman–Crippen MR) is 81.8 cm³/mol. The molecular formula is C15H18N2O3S. The first-order valence-corrected chi connectivity index (χ1v) is 8.05. The van der Waals surface area contributed by atoms with E-state index in [1.807, 2.05) is 18.2 Å². The number of nitrogens with one attached hydrogen (secondary N) is 2. The number of hydrogen-bond acceptors (Lipinski definition) is 4. The average molecular weight is 306 g/mol. The maximum Gasteiger partial charge on any atom is 0.249 e. The number of carbonyl (C=O) groups is 3. The van der Waals surface area contributed by atoms with Gasteiger partial charge in [-0.25, -0.2) is 0 Å². The fourth-order valence-electron chi connectivity index (χ4n) is 2.07. The Balaban J connectivity index is 1.63. The van der Waals surface area contributed by atoms with E-state index in [0.29, 0.717) is 12.2 Å². The Hall–Kier alpha value is -1.82. The van der Waals surface area contributed by atoms with Gasteiger partial charge >= 0.3 is 0 Å². The molecule has 21 heavy (non-hydrogen) atoms. The van der Waals surface area contributed by atoms with Crippen LogP contribution in [-0.2, 0) is 20.8 Å². The molecule has 3 amide bonds. The minimum absolute atomic E-state index is 0.164. The Bertz CT molecular complexity index is 519. The summed E-state index contributed by atoms with van der Waals surface area (Å²) in [6.07, 6.45) is 1.57. The molecule has 0 saturated carbocycles. The number of amides is 3. The van der Waals surface area contributed by atoms with E-state index in [1.54, 1.807) is 0 Å². The van der Waals surface area contributed by atoms with Crippen LogP contribution >= 0.6 is 11.8 Å². The number of imide groups is 1. The third-order valence-corrected chi connectivity index (χ3v) is 4.14. The summed E-state index contributed by atoms with van der Waals surface area (Å²) < 4.78 is 0. The highest BCUT2D eigenvalue weighted by Crippen LogP contribution is 2.08. The van der Waals surface area contributed by atoms with Crippen LogP contribution in [0.2, 0.25) is 0 Å². The molecule has 1 aromatic carbocycles. The normalized spacial score (nSPS) is 18.2. The van der Waals surface area contributed by atoms with Gasteiger partial charge in [0.2, 0.25) is 17.7 Å². The zero-order valence-corrected chi connectivity index (χ0v) is 12.4. The van der Waals surface area contributed by atoms with E-state index in [9.17, 15) is 14.4 Å². The number of rotatable bonds is 6. The van der Waals surface area contributed by atoms with Gasteiger partial charge in [0.05, 0.1) is 5.75 Å². The highest BCUT2D eigenvalue weighted by atomic mass is 32.2. The minimum atomic E-state index is -0.579. The maximum absolute atomic E-state index is 11.8. The van der Waals surface area contributed by atoms with Crippen molar-refractivity contribution in [3.05, 3.63) is 35.9 Å². The Labute approximate surface area is 127 Å². The second-order valence-corrected chi connectivity index (χ2v) is 5.96. The van der Waals surface area contributed by atoms with Crippen molar-refractivity contribution >= 4 is 29.5 Å². The summed E-state index contributed by atoms with van der Waals surface area (Å²) in [7, 11) is 0. The Kier molecular flexibility index (Phi) is 5.80. The van der Waals surface area contributed by atoms with E-state index in [-0.39, 0.29) is 18.2 Å². The van der Waals surface area contributed by atoms with E-state index in [0.717, 1.165) is 12.2 Å². The smallest absolute Gasteiger partial charge is 0.249 e. The molecule has 0 radical (unpaired) electrons. The summed E-state index contributed by atoms with van der Waals surface area (Å²) in [6, 6.07) is 9.51. The van der Waals surface area contributed by atoms with E-state index >= 15 is 0 Å². The van der Waals surface area contributed by atoms with Crippen LogP contribution in [0.4, 0.5) is 0 Å². The second-order valence-electron chi connectivity index (χ2n) is 4.86. The molecule has 2 rings (SSSR count). The molecule has 1 aliphatic heterocycles. The van der Waals surface area contributed by atoms with Crippen LogP contribution in [0.5, 0.6) is 0 Å². The van der Waals surface area contributed by atoms with E-state index < -0.39 is 11.9 Å². The predicted octanol–water partition coefficient (Wildman–Crippen LogP) is 0.884. The van der Waals surface area contributed by atoms with E-state index in [4.69, 9.17) is 0 Å². The van der Waals surface area contributed by atoms with Crippen LogP contribution in [0.3, 0.4) is 0 Å². The summed E-state index contributed by atoms with van der Waals surface area (Å²) >= 11 is 1.54. The topological polar surface area (TPSA) is 75.3 Å². The number of benzene rings is 1. The minimum Gasteiger partial charge on any atom is -0.344 e. The molecule has 2 N–H and O–H groups in total. The van der Waals surface area contributed by atoms with Gasteiger partial charge in [-0.05, 0) is 24.2 Å². The third-order valence-electron chi connectivity index (χ3n) is 3.19. The van der Waals surface area contributed by atoms with E-state index in [2.05, 4.69) is 22.8 Å². The molecule has 0 aromatic heterocycles. The first-order chi connectivity index (χ1) is 10.1. The van der Waals surface area contributed by atoms with Gasteiger partial charge in [-0.2, -0.15) is 11.8 Å². The fraction of sp³-hybridized carbons (Fsp3) is 0.400. The second kappa shape index (κ2) is 7.83. The van der Waals surface area contributed by atoms with Crippen LogP contribution in [-0.4, -0.2) is 35.3 Å². The van der Waals surface area contributed by atoms with Crippen molar-refractivity contribution in [3.63, 3.8) is 0 Å². The summed E-state index contributed by atoms with van der Waals surface area (Å²) in [5.74, 6) is 0.330. The van der Waals surface area contributed by atoms with Crippen molar-refractivity contribution in [1.29, 1.82) is 0 Å². The first kappa shape index (κ1) is 15.6. The van der Waals surface area contributed by atoms with Gasteiger partial charge < -0.3 is 5.32 Å². The van der Waals surface area contributed by atoms with Gasteiger partial charge in [0, 0.05) is 6.42 Å². The first-order valence-electron chi connectivity index (χ1n) is 6.90. The average Bonchev–Trinajstić information content (AvgIpc) is 2.48. The van der Waals surface area contributed by atoms with Crippen LogP contribution in [0.1, 0.15) is 18.4 Å². The third kappa shape index (κ3) is 5.23. The van der Waals surface area contributed by atoms with Gasteiger partial charge in [0.1, 0.15) is 6.04 Å². The molecule has 112 valence electrons. The largest absolute Gasteiger partial charge is 0.344 e. The molecule has 1 fully saturated rings.